The SMILES string of the molecule is CCCCCCCCCNC(=O)C(CC(=O)O)C(O)[N+](C)(C)C. The van der Waals surface area contributed by atoms with Crippen molar-refractivity contribution in [1.82, 2.24) is 5.32 Å². The molecule has 0 aromatic rings. The molecule has 136 valence electrons. The van der Waals surface area contributed by atoms with Gasteiger partial charge in [-0.3, -0.25) is 9.59 Å². The molecule has 2 unspecified atom stereocenters. The molecule has 6 nitrogen and oxygen atoms in total. The number of aliphatic carboxylic acids is 1. The molecular formula is C17H35N2O4+. The molecule has 0 aliphatic rings. The van der Waals surface area contributed by atoms with Crippen LogP contribution in [0.2, 0.25) is 0 Å². The van der Waals surface area contributed by atoms with Gasteiger partial charge in [0.05, 0.1) is 27.6 Å². The summed E-state index contributed by atoms with van der Waals surface area (Å²) in [5.74, 6) is -2.38. The number of aliphatic hydroxyl groups is 1. The van der Waals surface area contributed by atoms with E-state index in [2.05, 4.69) is 12.2 Å². The number of rotatable bonds is 13. The normalized spacial score (nSPS) is 14.3. The summed E-state index contributed by atoms with van der Waals surface area (Å²) in [6, 6.07) is 0. The fourth-order valence-corrected chi connectivity index (χ4v) is 2.49. The van der Waals surface area contributed by atoms with E-state index in [4.69, 9.17) is 5.11 Å². The van der Waals surface area contributed by atoms with E-state index in [1.165, 1.54) is 25.7 Å². The molecule has 2 atom stereocenters. The zero-order valence-electron chi connectivity index (χ0n) is 15.2. The summed E-state index contributed by atoms with van der Waals surface area (Å²) in [4.78, 5) is 23.1. The summed E-state index contributed by atoms with van der Waals surface area (Å²) in [5.41, 5.74) is 0. The first-order valence-electron chi connectivity index (χ1n) is 8.68. The van der Waals surface area contributed by atoms with Crippen molar-refractivity contribution in [3.05, 3.63) is 0 Å². The molecule has 3 N–H and O–H groups in total. The second-order valence-electron chi connectivity index (χ2n) is 7.15. The van der Waals surface area contributed by atoms with Crippen LogP contribution in [0.25, 0.3) is 0 Å². The summed E-state index contributed by atoms with van der Waals surface area (Å²) in [7, 11) is 5.22. The number of carboxylic acid groups (broad SMARTS) is 1. The second-order valence-corrected chi connectivity index (χ2v) is 7.15. The van der Waals surface area contributed by atoms with E-state index in [0.29, 0.717) is 6.54 Å². The van der Waals surface area contributed by atoms with Gasteiger partial charge in [0, 0.05) is 6.54 Å². The Labute approximate surface area is 140 Å². The smallest absolute Gasteiger partial charge is 0.304 e. The van der Waals surface area contributed by atoms with Crippen molar-refractivity contribution >= 4 is 11.9 Å². The van der Waals surface area contributed by atoms with Crippen LogP contribution in [0.1, 0.15) is 58.3 Å². The number of carbonyl (C=O) groups excluding carboxylic acids is 1. The number of carbonyl (C=O) groups is 2. The predicted molar refractivity (Wildman–Crippen MR) is 90.8 cm³/mol. The lowest BCUT2D eigenvalue weighted by Gasteiger charge is -2.34. The van der Waals surface area contributed by atoms with Crippen LogP contribution in [0.3, 0.4) is 0 Å². The zero-order valence-corrected chi connectivity index (χ0v) is 15.2. The van der Waals surface area contributed by atoms with Gasteiger partial charge in [-0.05, 0) is 6.42 Å². The zero-order chi connectivity index (χ0) is 17.9. The fraction of sp³-hybridized carbons (Fsp3) is 0.882. The van der Waals surface area contributed by atoms with Crippen LogP contribution in [-0.2, 0) is 9.59 Å². The molecule has 0 aromatic carbocycles. The van der Waals surface area contributed by atoms with E-state index >= 15 is 0 Å². The van der Waals surface area contributed by atoms with Crippen LogP contribution < -0.4 is 5.32 Å². The molecule has 0 heterocycles. The highest BCUT2D eigenvalue weighted by molar-refractivity contribution is 5.83. The molecule has 0 aliphatic heterocycles. The van der Waals surface area contributed by atoms with Crippen LogP contribution >= 0.6 is 0 Å². The van der Waals surface area contributed by atoms with Crippen LogP contribution in [-0.4, -0.2) is 60.5 Å². The Kier molecular flexibility index (Phi) is 10.8. The highest BCUT2D eigenvalue weighted by Crippen LogP contribution is 2.16. The van der Waals surface area contributed by atoms with Gasteiger partial charge >= 0.3 is 5.97 Å². The molecule has 0 fully saturated rings. The van der Waals surface area contributed by atoms with Crippen molar-refractivity contribution in [3.63, 3.8) is 0 Å². The Morgan fingerprint density at radius 3 is 2.00 bits per heavy atom. The lowest BCUT2D eigenvalue weighted by molar-refractivity contribution is -0.921. The van der Waals surface area contributed by atoms with Gasteiger partial charge in [-0.1, -0.05) is 45.4 Å². The summed E-state index contributed by atoms with van der Waals surface area (Å²) in [6.45, 7) is 2.72. The van der Waals surface area contributed by atoms with Crippen molar-refractivity contribution in [3.8, 4) is 0 Å². The van der Waals surface area contributed by atoms with Gasteiger partial charge < -0.3 is 20.0 Å². The number of amides is 1. The number of quaternary nitrogens is 1. The van der Waals surface area contributed by atoms with E-state index in [1.807, 2.05) is 0 Å². The minimum atomic E-state index is -1.08. The minimum absolute atomic E-state index is 0.128. The van der Waals surface area contributed by atoms with Crippen LogP contribution in [0.5, 0.6) is 0 Å². The Bertz CT molecular complexity index is 353. The molecule has 6 heteroatoms. The maximum atomic E-state index is 12.2. The van der Waals surface area contributed by atoms with E-state index < -0.39 is 18.1 Å². The lowest BCUT2D eigenvalue weighted by atomic mass is 10.0. The van der Waals surface area contributed by atoms with Crippen molar-refractivity contribution in [2.24, 2.45) is 5.92 Å². The van der Waals surface area contributed by atoms with Gasteiger partial charge in [0.15, 0.2) is 0 Å². The predicted octanol–water partition coefficient (Wildman–Crippen LogP) is 1.97. The molecule has 0 spiro atoms. The standard InChI is InChI=1S/C17H34N2O4/c1-5-6-7-8-9-10-11-12-18-16(22)14(13-15(20)21)17(23)19(2,3)4/h14,17,23H,5-13H2,1-4H3,(H-,18,20,21,22)/p+1. The molecule has 0 saturated heterocycles. The number of aliphatic hydroxyl groups excluding tert-OH is 1. The van der Waals surface area contributed by atoms with Gasteiger partial charge in [0.25, 0.3) is 0 Å². The highest BCUT2D eigenvalue weighted by atomic mass is 16.4. The number of nitrogens with one attached hydrogen (secondary N) is 1. The first-order chi connectivity index (χ1) is 10.7. The first kappa shape index (κ1) is 21.9. The molecule has 0 saturated carbocycles. The van der Waals surface area contributed by atoms with E-state index in [-0.39, 0.29) is 16.8 Å². The Hall–Kier alpha value is -1.14. The van der Waals surface area contributed by atoms with Crippen molar-refractivity contribution < 1.29 is 24.3 Å². The third-order valence-electron chi connectivity index (χ3n) is 3.96. The third kappa shape index (κ3) is 10.3. The monoisotopic (exact) mass is 331 g/mol. The molecule has 0 aliphatic carbocycles. The van der Waals surface area contributed by atoms with Crippen LogP contribution in [0.4, 0.5) is 0 Å². The molecule has 23 heavy (non-hydrogen) atoms. The number of nitrogens with zero attached hydrogens (tertiary/aromatic N) is 1. The van der Waals surface area contributed by atoms with Gasteiger partial charge in [-0.25, -0.2) is 0 Å². The Balaban J connectivity index is 4.17. The maximum Gasteiger partial charge on any atom is 0.304 e. The van der Waals surface area contributed by atoms with Gasteiger partial charge in [-0.2, -0.15) is 0 Å². The van der Waals surface area contributed by atoms with Gasteiger partial charge in [0.1, 0.15) is 5.92 Å². The van der Waals surface area contributed by atoms with Crippen LogP contribution in [0, 0.1) is 5.92 Å². The molecular weight excluding hydrogens is 296 g/mol. The number of unbranched alkanes of at least 4 members (excludes halogenated alkanes) is 6. The van der Waals surface area contributed by atoms with Crippen molar-refractivity contribution in [2.45, 2.75) is 64.5 Å². The number of hydrogen-bond acceptors (Lipinski definition) is 3. The van der Waals surface area contributed by atoms with Crippen molar-refractivity contribution in [2.75, 3.05) is 27.7 Å². The average molecular weight is 331 g/mol. The second kappa shape index (κ2) is 11.4. The van der Waals surface area contributed by atoms with Crippen LogP contribution in [0.15, 0.2) is 0 Å². The summed E-state index contributed by atoms with van der Waals surface area (Å²) >= 11 is 0. The lowest BCUT2D eigenvalue weighted by Crippen LogP contribution is -2.54. The summed E-state index contributed by atoms with van der Waals surface area (Å²) in [6.07, 6.45) is 6.70. The first-order valence-corrected chi connectivity index (χ1v) is 8.68. The van der Waals surface area contributed by atoms with E-state index in [1.54, 1.807) is 21.1 Å². The largest absolute Gasteiger partial charge is 0.481 e. The fourth-order valence-electron chi connectivity index (χ4n) is 2.49. The molecule has 1 amide bonds. The van der Waals surface area contributed by atoms with E-state index in [9.17, 15) is 14.7 Å². The summed E-state index contributed by atoms with van der Waals surface area (Å²) in [5, 5.41) is 22.0. The molecule has 0 bridgehead atoms. The van der Waals surface area contributed by atoms with E-state index in [0.717, 1.165) is 19.3 Å². The maximum absolute atomic E-state index is 12.2. The third-order valence-corrected chi connectivity index (χ3v) is 3.96. The quantitative estimate of drug-likeness (QED) is 0.274. The molecule has 0 rings (SSSR count). The highest BCUT2D eigenvalue weighted by Gasteiger charge is 2.37. The van der Waals surface area contributed by atoms with Crippen molar-refractivity contribution in [1.29, 1.82) is 0 Å². The topological polar surface area (TPSA) is 86.6 Å². The average Bonchev–Trinajstić information content (AvgIpc) is 2.45. The number of hydrogen-bond donors (Lipinski definition) is 3. The Morgan fingerprint density at radius 1 is 1.00 bits per heavy atom. The molecule has 0 radical (unpaired) electrons. The minimum Gasteiger partial charge on any atom is -0.481 e. The summed E-state index contributed by atoms with van der Waals surface area (Å²) < 4.78 is 0.128. The van der Waals surface area contributed by atoms with Gasteiger partial charge in [-0.15, -0.1) is 0 Å². The molecule has 0 aromatic heterocycles. The Morgan fingerprint density at radius 2 is 1.52 bits per heavy atom. The number of carboxylic acids is 1. The van der Waals surface area contributed by atoms with Gasteiger partial charge in [0.2, 0.25) is 12.1 Å².